The Balaban J connectivity index is 2.82. The highest BCUT2D eigenvalue weighted by Crippen LogP contribution is 2.33. The number of thiol groups is 1. The Bertz CT molecular complexity index is 445. The van der Waals surface area contributed by atoms with Crippen molar-refractivity contribution in [2.45, 2.75) is 18.2 Å². The second kappa shape index (κ2) is 3.79. The molecule has 13 heavy (non-hydrogen) atoms. The summed E-state index contributed by atoms with van der Waals surface area (Å²) in [6, 6.07) is 6.47. The maximum Gasteiger partial charge on any atom is 0.0666 e. The first kappa shape index (κ1) is 9.80. The number of hydrogen-bond donors (Lipinski definition) is 1. The number of thiophene rings is 1. The Morgan fingerprint density at radius 3 is 2.92 bits per heavy atom. The highest BCUT2D eigenvalue weighted by atomic mass is 127. The molecule has 0 atom stereocenters. The zero-order valence-electron chi connectivity index (χ0n) is 7.17. The molecule has 0 unspecified atom stereocenters. The lowest BCUT2D eigenvalue weighted by atomic mass is 10.1. The van der Waals surface area contributed by atoms with Crippen LogP contribution in [-0.2, 0) is 6.42 Å². The summed E-state index contributed by atoms with van der Waals surface area (Å²) in [5, 5.41) is 1.35. The van der Waals surface area contributed by atoms with Gasteiger partial charge < -0.3 is 0 Å². The van der Waals surface area contributed by atoms with Crippen molar-refractivity contribution in [3.63, 3.8) is 0 Å². The van der Waals surface area contributed by atoms with Crippen LogP contribution < -0.4 is 0 Å². The molecule has 1 aromatic heterocycles. The Hall–Kier alpha value is 0.260. The number of fused-ring (bicyclic) bond motifs is 1. The molecule has 3 heteroatoms. The van der Waals surface area contributed by atoms with E-state index < -0.39 is 0 Å². The van der Waals surface area contributed by atoms with Crippen LogP contribution in [-0.4, -0.2) is 0 Å². The number of halogens is 1. The molecule has 0 spiro atoms. The number of benzene rings is 1. The second-order valence-corrected chi connectivity index (χ2v) is 6.31. The minimum atomic E-state index is 1.06. The fraction of sp³-hybridized carbons (Fsp3) is 0.200. The van der Waals surface area contributed by atoms with Crippen LogP contribution in [0.2, 0.25) is 0 Å². The van der Waals surface area contributed by atoms with E-state index >= 15 is 0 Å². The zero-order valence-corrected chi connectivity index (χ0v) is 11.0. The number of rotatable bonds is 1. The second-order valence-electron chi connectivity index (χ2n) is 2.89. The molecule has 1 aromatic carbocycles. The Morgan fingerprint density at radius 1 is 1.46 bits per heavy atom. The fourth-order valence-electron chi connectivity index (χ4n) is 1.46. The van der Waals surface area contributed by atoms with Gasteiger partial charge in [0.25, 0.3) is 0 Å². The standard InChI is InChI=1S/C10H9IS2/c1-2-7-8(12)4-3-6-5-9(11)13-10(6)7/h3-5,12H,2H2,1H3. The highest BCUT2D eigenvalue weighted by Gasteiger charge is 2.06. The van der Waals surface area contributed by atoms with Crippen molar-refractivity contribution in [2.24, 2.45) is 0 Å². The molecule has 0 bridgehead atoms. The molecule has 0 aliphatic carbocycles. The first-order chi connectivity index (χ1) is 6.22. The first-order valence-corrected chi connectivity index (χ1v) is 6.46. The van der Waals surface area contributed by atoms with Gasteiger partial charge in [-0.3, -0.25) is 0 Å². The molecule has 68 valence electrons. The third-order valence-corrected chi connectivity index (χ3v) is 4.48. The third-order valence-electron chi connectivity index (χ3n) is 2.09. The van der Waals surface area contributed by atoms with Crippen LogP contribution in [0.15, 0.2) is 23.1 Å². The molecular weight excluding hydrogens is 311 g/mol. The highest BCUT2D eigenvalue weighted by molar-refractivity contribution is 14.1. The van der Waals surface area contributed by atoms with Gasteiger partial charge in [-0.1, -0.05) is 13.0 Å². The van der Waals surface area contributed by atoms with Crippen molar-refractivity contribution in [3.05, 3.63) is 26.6 Å². The van der Waals surface area contributed by atoms with Gasteiger partial charge in [0.15, 0.2) is 0 Å². The van der Waals surface area contributed by atoms with Gasteiger partial charge >= 0.3 is 0 Å². The van der Waals surface area contributed by atoms with Gasteiger partial charge in [-0.2, -0.15) is 0 Å². The van der Waals surface area contributed by atoms with E-state index in [-0.39, 0.29) is 0 Å². The Kier molecular flexibility index (Phi) is 2.86. The van der Waals surface area contributed by atoms with E-state index in [1.165, 1.54) is 18.5 Å². The van der Waals surface area contributed by atoms with Crippen LogP contribution in [0.1, 0.15) is 12.5 Å². The Morgan fingerprint density at radius 2 is 2.23 bits per heavy atom. The Labute approximate surface area is 101 Å². The average Bonchev–Trinajstić information content (AvgIpc) is 2.45. The van der Waals surface area contributed by atoms with Gasteiger partial charge in [0.2, 0.25) is 0 Å². The molecule has 0 radical (unpaired) electrons. The minimum absolute atomic E-state index is 1.06. The van der Waals surface area contributed by atoms with Gasteiger partial charge in [0.05, 0.1) is 2.88 Å². The largest absolute Gasteiger partial charge is 0.143 e. The summed E-state index contributed by atoms with van der Waals surface area (Å²) in [6.45, 7) is 2.18. The molecule has 0 aliphatic rings. The van der Waals surface area contributed by atoms with Crippen LogP contribution in [0.4, 0.5) is 0 Å². The van der Waals surface area contributed by atoms with Crippen LogP contribution in [0, 0.1) is 2.88 Å². The fourth-order valence-corrected chi connectivity index (χ4v) is 3.88. The molecular formula is C10H9IS2. The summed E-state index contributed by atoms with van der Waals surface area (Å²) >= 11 is 8.69. The predicted molar refractivity (Wildman–Crippen MR) is 71.2 cm³/mol. The van der Waals surface area contributed by atoms with E-state index in [2.05, 4.69) is 60.3 Å². The minimum Gasteiger partial charge on any atom is -0.143 e. The van der Waals surface area contributed by atoms with Crippen molar-refractivity contribution in [3.8, 4) is 0 Å². The SMILES string of the molecule is CCc1c(S)ccc2cc(I)sc12. The smallest absolute Gasteiger partial charge is 0.0666 e. The summed E-state index contributed by atoms with van der Waals surface area (Å²) in [7, 11) is 0. The average molecular weight is 320 g/mol. The van der Waals surface area contributed by atoms with Crippen LogP contribution in [0.25, 0.3) is 10.1 Å². The topological polar surface area (TPSA) is 0 Å². The lowest BCUT2D eigenvalue weighted by molar-refractivity contribution is 1.11. The van der Waals surface area contributed by atoms with Crippen LogP contribution in [0.5, 0.6) is 0 Å². The van der Waals surface area contributed by atoms with Gasteiger partial charge in [0, 0.05) is 9.60 Å². The summed E-state index contributed by atoms with van der Waals surface area (Å²) in [4.78, 5) is 1.12. The molecule has 1 heterocycles. The predicted octanol–water partition coefficient (Wildman–Crippen LogP) is 4.36. The molecule has 0 saturated carbocycles. The normalized spacial score (nSPS) is 11.0. The lowest BCUT2D eigenvalue weighted by Gasteiger charge is -2.02. The molecule has 2 aromatic rings. The van der Waals surface area contributed by atoms with Crippen molar-refractivity contribution >= 4 is 56.6 Å². The number of hydrogen-bond acceptors (Lipinski definition) is 2. The van der Waals surface area contributed by atoms with Gasteiger partial charge in [-0.15, -0.1) is 24.0 Å². The van der Waals surface area contributed by atoms with E-state index in [4.69, 9.17) is 0 Å². The monoisotopic (exact) mass is 320 g/mol. The molecule has 0 aliphatic heterocycles. The van der Waals surface area contributed by atoms with Gasteiger partial charge in [0.1, 0.15) is 0 Å². The third kappa shape index (κ3) is 1.74. The van der Waals surface area contributed by atoms with Crippen LogP contribution in [0.3, 0.4) is 0 Å². The lowest BCUT2D eigenvalue weighted by Crippen LogP contribution is -1.81. The van der Waals surface area contributed by atoms with E-state index in [1.54, 1.807) is 0 Å². The number of aryl methyl sites for hydroxylation is 1. The molecule has 0 saturated heterocycles. The van der Waals surface area contributed by atoms with E-state index in [0.29, 0.717) is 0 Å². The summed E-state index contributed by atoms with van der Waals surface area (Å²) < 4.78 is 2.75. The summed E-state index contributed by atoms with van der Waals surface area (Å²) in [6.07, 6.45) is 1.06. The quantitative estimate of drug-likeness (QED) is 0.586. The van der Waals surface area contributed by atoms with Crippen LogP contribution >= 0.6 is 46.6 Å². The molecule has 0 amide bonds. The zero-order chi connectivity index (χ0) is 9.42. The van der Waals surface area contributed by atoms with E-state index in [9.17, 15) is 0 Å². The maximum absolute atomic E-state index is 4.47. The molecule has 0 N–H and O–H groups in total. The van der Waals surface area contributed by atoms with E-state index in [1.807, 2.05) is 11.3 Å². The molecule has 0 fully saturated rings. The van der Waals surface area contributed by atoms with Crippen molar-refractivity contribution in [1.29, 1.82) is 0 Å². The first-order valence-electron chi connectivity index (χ1n) is 4.12. The van der Waals surface area contributed by atoms with Gasteiger partial charge in [-0.25, -0.2) is 0 Å². The molecule has 0 nitrogen and oxygen atoms in total. The maximum atomic E-state index is 4.47. The van der Waals surface area contributed by atoms with Crippen molar-refractivity contribution < 1.29 is 0 Å². The summed E-state index contributed by atoms with van der Waals surface area (Å²) in [5.74, 6) is 0. The van der Waals surface area contributed by atoms with Crippen molar-refractivity contribution in [2.75, 3.05) is 0 Å². The summed E-state index contributed by atoms with van der Waals surface area (Å²) in [5.41, 5.74) is 1.38. The van der Waals surface area contributed by atoms with Gasteiger partial charge in [-0.05, 0) is 52.1 Å². The van der Waals surface area contributed by atoms with Crippen molar-refractivity contribution in [1.82, 2.24) is 0 Å². The molecule has 2 rings (SSSR count). The van der Waals surface area contributed by atoms with E-state index in [0.717, 1.165) is 11.3 Å².